The second-order valence-electron chi connectivity index (χ2n) is 10.7. The maximum atomic E-state index is 14.1. The molecule has 2 rings (SSSR count). The Morgan fingerprint density at radius 3 is 2.16 bits per heavy atom. The lowest BCUT2D eigenvalue weighted by Gasteiger charge is -2.43. The van der Waals surface area contributed by atoms with E-state index >= 15 is 0 Å². The molecule has 5 N–H and O–H groups in total. The number of aliphatic hydroxyl groups excluding tert-OH is 1. The van der Waals surface area contributed by atoms with Gasteiger partial charge in [0.25, 0.3) is 0 Å². The summed E-state index contributed by atoms with van der Waals surface area (Å²) in [5.41, 5.74) is 13.2. The average molecular weight is 554 g/mol. The van der Waals surface area contributed by atoms with Gasteiger partial charge in [-0.25, -0.2) is 0 Å². The SMILES string of the molecule is CCOP(=O)(OCC)C(O)[C@H](CC1CCCCC1)N(C(=O)[C@@H](N)Cc1ccccc1)[C@@H](CC(C)C)C(N)=O. The van der Waals surface area contributed by atoms with Crippen LogP contribution in [0.1, 0.15) is 78.2 Å². The van der Waals surface area contributed by atoms with Gasteiger partial charge in [0.05, 0.1) is 25.3 Å². The predicted molar refractivity (Wildman–Crippen MR) is 149 cm³/mol. The van der Waals surface area contributed by atoms with Gasteiger partial charge in [0, 0.05) is 0 Å². The highest BCUT2D eigenvalue weighted by Crippen LogP contribution is 2.55. The monoisotopic (exact) mass is 553 g/mol. The molecule has 1 saturated carbocycles. The lowest BCUT2D eigenvalue weighted by atomic mass is 9.84. The Hall–Kier alpha value is -1.77. The van der Waals surface area contributed by atoms with Crippen LogP contribution < -0.4 is 11.5 Å². The topological polar surface area (TPSA) is 145 Å². The van der Waals surface area contributed by atoms with E-state index in [0.29, 0.717) is 6.42 Å². The fourth-order valence-electron chi connectivity index (χ4n) is 5.41. The van der Waals surface area contributed by atoms with Crippen LogP contribution in [-0.2, 0) is 29.6 Å². The van der Waals surface area contributed by atoms with E-state index in [-0.39, 0.29) is 37.9 Å². The van der Waals surface area contributed by atoms with E-state index in [1.54, 1.807) is 13.8 Å². The molecule has 0 heterocycles. The third-order valence-electron chi connectivity index (χ3n) is 7.17. The molecule has 9 nitrogen and oxygen atoms in total. The molecule has 38 heavy (non-hydrogen) atoms. The number of nitrogens with two attached hydrogens (primary N) is 2. The first-order valence-corrected chi connectivity index (χ1v) is 15.6. The molecule has 2 amide bonds. The molecule has 1 unspecified atom stereocenters. The molecule has 4 atom stereocenters. The van der Waals surface area contributed by atoms with Crippen LogP contribution in [0.15, 0.2) is 30.3 Å². The van der Waals surface area contributed by atoms with Crippen molar-refractivity contribution in [3.05, 3.63) is 35.9 Å². The zero-order valence-electron chi connectivity index (χ0n) is 23.5. The van der Waals surface area contributed by atoms with Crippen LogP contribution in [0.3, 0.4) is 0 Å². The van der Waals surface area contributed by atoms with Crippen LogP contribution in [0.25, 0.3) is 0 Å². The summed E-state index contributed by atoms with van der Waals surface area (Å²) >= 11 is 0. The van der Waals surface area contributed by atoms with Crippen molar-refractivity contribution in [2.75, 3.05) is 13.2 Å². The number of rotatable bonds is 16. The zero-order valence-corrected chi connectivity index (χ0v) is 24.4. The van der Waals surface area contributed by atoms with Crippen LogP contribution in [0.4, 0.5) is 0 Å². The van der Waals surface area contributed by atoms with Crippen molar-refractivity contribution < 1.29 is 28.3 Å². The van der Waals surface area contributed by atoms with Crippen molar-refractivity contribution in [1.82, 2.24) is 4.90 Å². The third-order valence-corrected chi connectivity index (χ3v) is 9.40. The first-order valence-electron chi connectivity index (χ1n) is 14.0. The Bertz CT molecular complexity index is 899. The minimum atomic E-state index is -4.06. The molecule has 10 heteroatoms. The number of amides is 2. The Morgan fingerprint density at radius 2 is 1.66 bits per heavy atom. The number of benzene rings is 1. The predicted octanol–water partition coefficient (Wildman–Crippen LogP) is 4.21. The smallest absolute Gasteiger partial charge is 0.360 e. The number of carbonyl (C=O) groups is 2. The van der Waals surface area contributed by atoms with Crippen LogP contribution in [0, 0.1) is 11.8 Å². The van der Waals surface area contributed by atoms with Crippen LogP contribution >= 0.6 is 7.60 Å². The third kappa shape index (κ3) is 9.16. The molecule has 0 spiro atoms. The summed E-state index contributed by atoms with van der Waals surface area (Å²) in [4.78, 5) is 28.3. The molecule has 1 fully saturated rings. The van der Waals surface area contributed by atoms with E-state index in [1.165, 1.54) is 4.90 Å². The minimum Gasteiger partial charge on any atom is -0.379 e. The molecule has 1 aromatic rings. The normalized spacial score (nSPS) is 18.1. The second-order valence-corrected chi connectivity index (χ2v) is 12.8. The summed E-state index contributed by atoms with van der Waals surface area (Å²) in [5, 5.41) is 11.7. The number of hydrogen-bond donors (Lipinski definition) is 3. The Labute approximate surface area is 228 Å². The van der Waals surface area contributed by atoms with Crippen LogP contribution in [0.2, 0.25) is 0 Å². The molecule has 1 aromatic carbocycles. The number of primary amides is 1. The lowest BCUT2D eigenvalue weighted by molar-refractivity contribution is -0.146. The van der Waals surface area contributed by atoms with Crippen molar-refractivity contribution >= 4 is 19.4 Å². The summed E-state index contributed by atoms with van der Waals surface area (Å²) in [5.74, 6) is -2.68. The molecule has 0 bridgehead atoms. The van der Waals surface area contributed by atoms with Gasteiger partial charge in [-0.1, -0.05) is 76.3 Å². The first-order chi connectivity index (χ1) is 18.0. The number of hydrogen-bond acceptors (Lipinski definition) is 7. The van der Waals surface area contributed by atoms with Gasteiger partial charge in [-0.2, -0.15) is 0 Å². The Kier molecular flexibility index (Phi) is 13.4. The van der Waals surface area contributed by atoms with Gasteiger partial charge in [0.1, 0.15) is 6.04 Å². The second kappa shape index (κ2) is 15.7. The van der Waals surface area contributed by atoms with Gasteiger partial charge in [-0.05, 0) is 50.5 Å². The van der Waals surface area contributed by atoms with Gasteiger partial charge in [-0.3, -0.25) is 14.2 Å². The van der Waals surface area contributed by atoms with Gasteiger partial charge < -0.3 is 30.5 Å². The standard InChI is InChI=1S/C28H48N3O6P/c1-5-36-38(35,37-6-2)28(34)25(19-22-15-11-8-12-16-22)31(24(26(30)32)17-20(3)4)27(33)23(29)18-21-13-9-7-10-14-21/h7,9-10,13-14,20,22-25,28,34H,5-6,8,11-12,15-19,29H2,1-4H3,(H2,30,32)/t23-,24-,25-,28?/m0/s1. The molecule has 0 aliphatic heterocycles. The van der Waals surface area contributed by atoms with Crippen molar-refractivity contribution in [2.24, 2.45) is 23.3 Å². The summed E-state index contributed by atoms with van der Waals surface area (Å²) in [7, 11) is -4.06. The number of nitrogens with zero attached hydrogens (tertiary/aromatic N) is 1. The van der Waals surface area contributed by atoms with Crippen molar-refractivity contribution in [3.8, 4) is 0 Å². The summed E-state index contributed by atoms with van der Waals surface area (Å²) in [6.45, 7) is 7.30. The first kappa shape index (κ1) is 32.4. The molecule has 1 aliphatic rings. The largest absolute Gasteiger partial charge is 0.379 e. The van der Waals surface area contributed by atoms with Crippen molar-refractivity contribution in [2.45, 2.75) is 103 Å². The zero-order chi connectivity index (χ0) is 28.3. The van der Waals surface area contributed by atoms with Gasteiger partial charge in [-0.15, -0.1) is 0 Å². The van der Waals surface area contributed by atoms with E-state index in [9.17, 15) is 19.3 Å². The maximum absolute atomic E-state index is 14.1. The van der Waals surface area contributed by atoms with Crippen LogP contribution in [-0.4, -0.2) is 59.0 Å². The highest BCUT2D eigenvalue weighted by molar-refractivity contribution is 7.54. The fourth-order valence-corrected chi connectivity index (χ4v) is 7.20. The quantitative estimate of drug-likeness (QED) is 0.260. The molecular formula is C28H48N3O6P. The summed E-state index contributed by atoms with van der Waals surface area (Å²) in [6, 6.07) is 6.32. The highest BCUT2D eigenvalue weighted by Gasteiger charge is 2.48. The number of carbonyl (C=O) groups excluding carboxylic acids is 2. The van der Waals surface area contributed by atoms with Gasteiger partial charge in [0.15, 0.2) is 5.85 Å². The maximum Gasteiger partial charge on any atom is 0.360 e. The van der Waals surface area contributed by atoms with Gasteiger partial charge in [0.2, 0.25) is 11.8 Å². The average Bonchev–Trinajstić information content (AvgIpc) is 2.88. The van der Waals surface area contributed by atoms with E-state index < -0.39 is 43.4 Å². The van der Waals surface area contributed by atoms with E-state index in [1.807, 2.05) is 44.2 Å². The Balaban J connectivity index is 2.59. The minimum absolute atomic E-state index is 0.0196. The molecule has 1 aliphatic carbocycles. The van der Waals surface area contributed by atoms with E-state index in [4.69, 9.17) is 20.5 Å². The highest BCUT2D eigenvalue weighted by atomic mass is 31.2. The Morgan fingerprint density at radius 1 is 1.08 bits per heavy atom. The lowest BCUT2D eigenvalue weighted by Crippen LogP contribution is -2.61. The summed E-state index contributed by atoms with van der Waals surface area (Å²) < 4.78 is 24.8. The molecule has 0 radical (unpaired) electrons. The summed E-state index contributed by atoms with van der Waals surface area (Å²) in [6.07, 6.45) is 5.90. The van der Waals surface area contributed by atoms with Gasteiger partial charge >= 0.3 is 7.60 Å². The molecule has 216 valence electrons. The van der Waals surface area contributed by atoms with Crippen LogP contribution in [0.5, 0.6) is 0 Å². The fraction of sp³-hybridized carbons (Fsp3) is 0.714. The number of aliphatic hydroxyl groups is 1. The van der Waals surface area contributed by atoms with Crippen molar-refractivity contribution in [3.63, 3.8) is 0 Å². The molecule has 0 aromatic heterocycles. The van der Waals surface area contributed by atoms with Crippen molar-refractivity contribution in [1.29, 1.82) is 0 Å². The molecule has 0 saturated heterocycles. The van der Waals surface area contributed by atoms with E-state index in [2.05, 4.69) is 0 Å². The molecular weight excluding hydrogens is 505 g/mol. The van der Waals surface area contributed by atoms with E-state index in [0.717, 1.165) is 37.7 Å².